The fourth-order valence-corrected chi connectivity index (χ4v) is 2.45. The van der Waals surface area contributed by atoms with E-state index in [-0.39, 0.29) is 0 Å². The molecule has 1 atom stereocenters. The van der Waals surface area contributed by atoms with Gasteiger partial charge >= 0.3 is 0 Å². The van der Waals surface area contributed by atoms with Gasteiger partial charge in [-0.3, -0.25) is 0 Å². The van der Waals surface area contributed by atoms with Crippen molar-refractivity contribution in [2.45, 2.75) is 19.3 Å². The molecule has 1 aliphatic carbocycles. The van der Waals surface area contributed by atoms with Crippen molar-refractivity contribution in [3.8, 4) is 0 Å². The standard InChI is InChI=1S/C15H14/c1-11-5-4-8-15-13(11)10-9-12-6-2-3-7-14(12)15/h2-4,6-11H,5H2,1H3. The molecule has 0 saturated carbocycles. The summed E-state index contributed by atoms with van der Waals surface area (Å²) >= 11 is 0. The first-order valence-corrected chi connectivity index (χ1v) is 5.54. The molecule has 0 spiro atoms. The van der Waals surface area contributed by atoms with Gasteiger partial charge in [-0.15, -0.1) is 0 Å². The number of hydrogen-bond donors (Lipinski definition) is 0. The van der Waals surface area contributed by atoms with Crippen molar-refractivity contribution in [2.75, 3.05) is 0 Å². The van der Waals surface area contributed by atoms with E-state index in [9.17, 15) is 0 Å². The maximum absolute atomic E-state index is 2.30. The van der Waals surface area contributed by atoms with Crippen LogP contribution in [0.2, 0.25) is 0 Å². The molecule has 0 saturated heterocycles. The van der Waals surface area contributed by atoms with E-state index in [2.05, 4.69) is 55.5 Å². The highest BCUT2D eigenvalue weighted by Gasteiger charge is 2.13. The summed E-state index contributed by atoms with van der Waals surface area (Å²) in [4.78, 5) is 0. The molecule has 1 unspecified atom stereocenters. The lowest BCUT2D eigenvalue weighted by Crippen LogP contribution is -2.00. The van der Waals surface area contributed by atoms with Crippen molar-refractivity contribution >= 4 is 16.8 Å². The fraction of sp³-hybridized carbons (Fsp3) is 0.200. The van der Waals surface area contributed by atoms with Gasteiger partial charge in [-0.2, -0.15) is 0 Å². The molecule has 0 radical (unpaired) electrons. The summed E-state index contributed by atoms with van der Waals surface area (Å²) < 4.78 is 0. The van der Waals surface area contributed by atoms with Crippen LogP contribution in [0.15, 0.2) is 42.5 Å². The Labute approximate surface area is 90.2 Å². The molecule has 3 rings (SSSR count). The van der Waals surface area contributed by atoms with E-state index in [0.717, 1.165) is 0 Å². The summed E-state index contributed by atoms with van der Waals surface area (Å²) in [6.07, 6.45) is 5.74. The van der Waals surface area contributed by atoms with E-state index in [1.807, 2.05) is 0 Å². The largest absolute Gasteiger partial charge is 0.0833 e. The predicted octanol–water partition coefficient (Wildman–Crippen LogP) is 4.36. The molecule has 0 aliphatic heterocycles. The molecule has 1 aliphatic rings. The van der Waals surface area contributed by atoms with Crippen molar-refractivity contribution in [3.05, 3.63) is 53.6 Å². The van der Waals surface area contributed by atoms with Crippen LogP contribution < -0.4 is 0 Å². The van der Waals surface area contributed by atoms with Crippen molar-refractivity contribution in [1.82, 2.24) is 0 Å². The quantitative estimate of drug-likeness (QED) is 0.584. The first kappa shape index (κ1) is 8.72. The lowest BCUT2D eigenvalue weighted by Gasteiger charge is -2.19. The van der Waals surface area contributed by atoms with Gasteiger partial charge in [0.2, 0.25) is 0 Å². The molecular weight excluding hydrogens is 180 g/mol. The molecule has 0 nitrogen and oxygen atoms in total. The van der Waals surface area contributed by atoms with Gasteiger partial charge in [-0.05, 0) is 34.2 Å². The Hall–Kier alpha value is -1.56. The molecule has 2 aromatic rings. The van der Waals surface area contributed by atoms with Crippen LogP contribution in [0.1, 0.15) is 30.4 Å². The van der Waals surface area contributed by atoms with Gasteiger partial charge in [-0.1, -0.05) is 55.5 Å². The highest BCUT2D eigenvalue weighted by Crippen LogP contribution is 2.33. The zero-order chi connectivity index (χ0) is 10.3. The summed E-state index contributed by atoms with van der Waals surface area (Å²) in [6.45, 7) is 2.30. The molecule has 0 aromatic heterocycles. The predicted molar refractivity (Wildman–Crippen MR) is 66.0 cm³/mol. The van der Waals surface area contributed by atoms with Gasteiger partial charge in [0, 0.05) is 0 Å². The number of fused-ring (bicyclic) bond motifs is 3. The molecule has 0 heterocycles. The van der Waals surface area contributed by atoms with Gasteiger partial charge in [0.1, 0.15) is 0 Å². The van der Waals surface area contributed by atoms with E-state index in [4.69, 9.17) is 0 Å². The zero-order valence-electron chi connectivity index (χ0n) is 8.90. The van der Waals surface area contributed by atoms with E-state index < -0.39 is 0 Å². The first-order chi connectivity index (χ1) is 7.36. The van der Waals surface area contributed by atoms with Crippen molar-refractivity contribution in [3.63, 3.8) is 0 Å². The van der Waals surface area contributed by atoms with Crippen molar-refractivity contribution in [2.24, 2.45) is 0 Å². The first-order valence-electron chi connectivity index (χ1n) is 5.54. The second-order valence-electron chi connectivity index (χ2n) is 4.33. The molecule has 0 heteroatoms. The maximum atomic E-state index is 2.30. The lowest BCUT2D eigenvalue weighted by atomic mass is 9.86. The fourth-order valence-electron chi connectivity index (χ4n) is 2.45. The SMILES string of the molecule is CC1CC=Cc2c1ccc1ccccc21. The molecule has 0 bridgehead atoms. The second kappa shape index (κ2) is 3.23. The summed E-state index contributed by atoms with van der Waals surface area (Å²) in [6, 6.07) is 13.1. The Balaban J connectivity index is 2.39. The average Bonchev–Trinajstić information content (AvgIpc) is 2.29. The zero-order valence-corrected chi connectivity index (χ0v) is 8.90. The van der Waals surface area contributed by atoms with Gasteiger partial charge in [0.25, 0.3) is 0 Å². The van der Waals surface area contributed by atoms with Crippen LogP contribution >= 0.6 is 0 Å². The van der Waals surface area contributed by atoms with Crippen LogP contribution in [0.4, 0.5) is 0 Å². The van der Waals surface area contributed by atoms with Gasteiger partial charge in [0.05, 0.1) is 0 Å². The highest BCUT2D eigenvalue weighted by molar-refractivity contribution is 5.92. The molecule has 74 valence electrons. The van der Waals surface area contributed by atoms with Gasteiger partial charge < -0.3 is 0 Å². The molecule has 15 heavy (non-hydrogen) atoms. The third-order valence-electron chi connectivity index (χ3n) is 3.31. The van der Waals surface area contributed by atoms with Crippen LogP contribution in [-0.4, -0.2) is 0 Å². The van der Waals surface area contributed by atoms with Gasteiger partial charge in [-0.25, -0.2) is 0 Å². The minimum absolute atomic E-state index is 0.662. The Morgan fingerprint density at radius 2 is 1.93 bits per heavy atom. The van der Waals surface area contributed by atoms with E-state index in [0.29, 0.717) is 5.92 Å². The monoisotopic (exact) mass is 194 g/mol. The third-order valence-corrected chi connectivity index (χ3v) is 3.31. The second-order valence-corrected chi connectivity index (χ2v) is 4.33. The summed E-state index contributed by atoms with van der Waals surface area (Å²) in [5.74, 6) is 0.662. The Bertz CT molecular complexity index is 535. The lowest BCUT2D eigenvalue weighted by molar-refractivity contribution is 0.773. The summed E-state index contributed by atoms with van der Waals surface area (Å²) in [7, 11) is 0. The average molecular weight is 194 g/mol. The number of hydrogen-bond acceptors (Lipinski definition) is 0. The topological polar surface area (TPSA) is 0 Å². The van der Waals surface area contributed by atoms with E-state index >= 15 is 0 Å². The molecule has 0 amide bonds. The number of rotatable bonds is 0. The molecule has 2 aromatic carbocycles. The summed E-state index contributed by atoms with van der Waals surface area (Å²) in [5.41, 5.74) is 2.92. The van der Waals surface area contributed by atoms with Crippen LogP contribution in [0, 0.1) is 0 Å². The van der Waals surface area contributed by atoms with E-state index in [1.165, 1.54) is 28.3 Å². The molecular formula is C15H14. The normalized spacial score (nSPS) is 19.1. The maximum Gasteiger partial charge on any atom is -0.0109 e. The third kappa shape index (κ3) is 1.29. The summed E-state index contributed by atoms with van der Waals surface area (Å²) in [5, 5.41) is 2.73. The number of benzene rings is 2. The van der Waals surface area contributed by atoms with Crippen molar-refractivity contribution < 1.29 is 0 Å². The van der Waals surface area contributed by atoms with Gasteiger partial charge in [0.15, 0.2) is 0 Å². The van der Waals surface area contributed by atoms with Crippen LogP contribution in [0.5, 0.6) is 0 Å². The highest BCUT2D eigenvalue weighted by atomic mass is 14.2. The van der Waals surface area contributed by atoms with Crippen molar-refractivity contribution in [1.29, 1.82) is 0 Å². The van der Waals surface area contributed by atoms with Crippen LogP contribution in [0.3, 0.4) is 0 Å². The van der Waals surface area contributed by atoms with Crippen LogP contribution in [0.25, 0.3) is 16.8 Å². The Morgan fingerprint density at radius 1 is 1.07 bits per heavy atom. The Kier molecular flexibility index (Phi) is 1.88. The van der Waals surface area contributed by atoms with E-state index in [1.54, 1.807) is 0 Å². The molecule has 0 N–H and O–H groups in total. The minimum atomic E-state index is 0.662. The minimum Gasteiger partial charge on any atom is -0.0833 e. The Morgan fingerprint density at radius 3 is 2.87 bits per heavy atom. The number of allylic oxidation sites excluding steroid dienone is 1. The molecule has 0 fully saturated rings. The van der Waals surface area contributed by atoms with Crippen LogP contribution in [-0.2, 0) is 0 Å². The smallest absolute Gasteiger partial charge is 0.0109 e.